The maximum absolute atomic E-state index is 14.9. The number of carbonyl (C=O) groups is 1. The van der Waals surface area contributed by atoms with E-state index in [0.29, 0.717) is 17.4 Å². The lowest BCUT2D eigenvalue weighted by Crippen LogP contribution is -2.65. The molecule has 1 aliphatic carbocycles. The topological polar surface area (TPSA) is 112 Å². The van der Waals surface area contributed by atoms with Gasteiger partial charge in [0.05, 0.1) is 16.3 Å². The molecule has 3 N–H and O–H groups in total. The number of aromatic nitrogens is 1. The lowest BCUT2D eigenvalue weighted by molar-refractivity contribution is 0.102. The van der Waals surface area contributed by atoms with Gasteiger partial charge in [-0.2, -0.15) is 0 Å². The number of rotatable bonds is 5. The van der Waals surface area contributed by atoms with Crippen molar-refractivity contribution in [1.82, 2.24) is 10.3 Å². The molecule has 1 saturated carbocycles. The molecule has 1 aliphatic heterocycles. The molecule has 0 spiro atoms. The van der Waals surface area contributed by atoms with Gasteiger partial charge in [0, 0.05) is 17.4 Å². The van der Waals surface area contributed by atoms with Gasteiger partial charge in [0.1, 0.15) is 22.1 Å². The molecule has 1 aromatic carbocycles. The summed E-state index contributed by atoms with van der Waals surface area (Å²) < 4.78 is 40.1. The predicted octanol–water partition coefficient (Wildman–Crippen LogP) is 3.90. The molecular weight excluding hydrogens is 455 g/mol. The minimum absolute atomic E-state index is 0.0566. The van der Waals surface area contributed by atoms with Gasteiger partial charge in [0.2, 0.25) is 0 Å². The van der Waals surface area contributed by atoms with Crippen molar-refractivity contribution in [3.05, 3.63) is 58.6 Å². The molecule has 0 radical (unpaired) electrons. The molecule has 2 atom stereocenters. The molecule has 0 bridgehead atoms. The van der Waals surface area contributed by atoms with Crippen molar-refractivity contribution in [2.24, 2.45) is 5.92 Å². The molecule has 2 fully saturated rings. The molecule has 10 heteroatoms. The van der Waals surface area contributed by atoms with Gasteiger partial charge in [-0.1, -0.05) is 24.4 Å². The quantitative estimate of drug-likeness (QED) is 0.603. The Kier molecular flexibility index (Phi) is 5.53. The number of nitrogens with zero attached hydrogens (tertiary/aromatic N) is 1. The van der Waals surface area contributed by atoms with E-state index in [9.17, 15) is 17.6 Å². The van der Waals surface area contributed by atoms with Gasteiger partial charge < -0.3 is 10.6 Å². The number of sulfone groups is 1. The highest BCUT2D eigenvalue weighted by Crippen LogP contribution is 2.44. The summed E-state index contributed by atoms with van der Waals surface area (Å²) in [5.41, 5.74) is -0.896. The number of carbonyl (C=O) groups excluding carboxylic acids is 1. The van der Waals surface area contributed by atoms with E-state index in [1.165, 1.54) is 36.5 Å². The maximum Gasteiger partial charge on any atom is 0.274 e. The fourth-order valence-electron chi connectivity index (χ4n) is 4.12. The van der Waals surface area contributed by atoms with Crippen LogP contribution in [-0.4, -0.2) is 35.6 Å². The van der Waals surface area contributed by atoms with Crippen LogP contribution in [0.15, 0.2) is 36.5 Å². The van der Waals surface area contributed by atoms with Crippen LogP contribution in [0.1, 0.15) is 49.2 Å². The molecule has 1 saturated heterocycles. The van der Waals surface area contributed by atoms with Gasteiger partial charge in [0.25, 0.3) is 5.91 Å². The van der Waals surface area contributed by atoms with Crippen molar-refractivity contribution >= 4 is 38.9 Å². The molecule has 2 aliphatic rings. The van der Waals surface area contributed by atoms with Crippen LogP contribution >= 0.6 is 11.6 Å². The van der Waals surface area contributed by atoms with Crippen molar-refractivity contribution in [3.63, 3.8) is 0 Å². The lowest BCUT2D eigenvalue weighted by Gasteiger charge is -2.45. The van der Waals surface area contributed by atoms with E-state index in [1.807, 2.05) is 0 Å². The van der Waals surface area contributed by atoms with E-state index >= 15 is 0 Å². The first-order valence-electron chi connectivity index (χ1n) is 10.3. The number of hydrogen-bond donors (Lipinski definition) is 3. The molecule has 170 valence electrons. The summed E-state index contributed by atoms with van der Waals surface area (Å²) in [6, 6.07) is 6.93. The van der Waals surface area contributed by atoms with Crippen LogP contribution in [0.4, 0.5) is 10.1 Å². The number of amides is 1. The van der Waals surface area contributed by atoms with Crippen LogP contribution in [0.2, 0.25) is 5.02 Å². The zero-order chi connectivity index (χ0) is 23.3. The second-order valence-corrected chi connectivity index (χ2v) is 11.8. The van der Waals surface area contributed by atoms with Crippen molar-refractivity contribution in [2.75, 3.05) is 11.1 Å². The SMILES string of the molecule is C[C@]1(CC2CC2)C(=N)N[C@](C)(c2cc(NC(=O)c3ccc(Cl)cn3)ccc2F)CS1(=O)=O. The summed E-state index contributed by atoms with van der Waals surface area (Å²) in [7, 11) is -3.75. The summed E-state index contributed by atoms with van der Waals surface area (Å²) >= 11 is 5.79. The summed E-state index contributed by atoms with van der Waals surface area (Å²) in [5.74, 6) is -1.33. The Balaban J connectivity index is 1.62. The van der Waals surface area contributed by atoms with Crippen LogP contribution in [0.3, 0.4) is 0 Å². The van der Waals surface area contributed by atoms with Gasteiger partial charge in [0.15, 0.2) is 9.84 Å². The van der Waals surface area contributed by atoms with E-state index in [1.54, 1.807) is 13.8 Å². The first-order chi connectivity index (χ1) is 14.9. The second kappa shape index (κ2) is 7.81. The molecule has 2 heterocycles. The van der Waals surface area contributed by atoms with E-state index in [-0.39, 0.29) is 28.5 Å². The Bertz CT molecular complexity index is 1200. The number of anilines is 1. The van der Waals surface area contributed by atoms with Crippen molar-refractivity contribution in [1.29, 1.82) is 5.41 Å². The standard InChI is InChI=1S/C22H24ClFN4O3S/c1-21(12-32(30,31)22(2,20(25)28-21)10-13-3-4-13)16-9-15(6-7-17(16)24)27-19(29)18-8-5-14(23)11-26-18/h5-9,11,13H,3-4,10,12H2,1-2H3,(H2,25,28)(H,27,29)/t21-,22-/m0/s1. The first-order valence-corrected chi connectivity index (χ1v) is 12.3. The molecular formula is C22H24ClFN4O3S. The van der Waals surface area contributed by atoms with Gasteiger partial charge in [-0.15, -0.1) is 0 Å². The number of hydrogen-bond acceptors (Lipinski definition) is 5. The van der Waals surface area contributed by atoms with Crippen molar-refractivity contribution < 1.29 is 17.6 Å². The van der Waals surface area contributed by atoms with E-state index in [0.717, 1.165) is 12.8 Å². The van der Waals surface area contributed by atoms with Crippen LogP contribution in [0.25, 0.3) is 0 Å². The third-order valence-electron chi connectivity index (χ3n) is 6.25. The van der Waals surface area contributed by atoms with E-state index in [4.69, 9.17) is 17.0 Å². The number of amidine groups is 1. The minimum Gasteiger partial charge on any atom is -0.362 e. The Morgan fingerprint density at radius 1 is 1.31 bits per heavy atom. The van der Waals surface area contributed by atoms with Crippen molar-refractivity contribution in [2.45, 2.75) is 43.4 Å². The van der Waals surface area contributed by atoms with Gasteiger partial charge in [-0.3, -0.25) is 10.2 Å². The Labute approximate surface area is 191 Å². The number of halogens is 2. The molecule has 2 aromatic rings. The lowest BCUT2D eigenvalue weighted by atomic mass is 9.90. The van der Waals surface area contributed by atoms with Crippen molar-refractivity contribution in [3.8, 4) is 0 Å². The van der Waals surface area contributed by atoms with Gasteiger partial charge in [-0.25, -0.2) is 17.8 Å². The van der Waals surface area contributed by atoms with Crippen LogP contribution < -0.4 is 10.6 Å². The third-order valence-corrected chi connectivity index (χ3v) is 9.17. The monoisotopic (exact) mass is 478 g/mol. The highest BCUT2D eigenvalue weighted by molar-refractivity contribution is 7.93. The second-order valence-electron chi connectivity index (χ2n) is 8.98. The first kappa shape index (κ1) is 22.7. The minimum atomic E-state index is -3.75. The smallest absolute Gasteiger partial charge is 0.274 e. The fourth-order valence-corrected chi connectivity index (χ4v) is 6.39. The Hall–Kier alpha value is -2.52. The van der Waals surface area contributed by atoms with Crippen LogP contribution in [-0.2, 0) is 15.4 Å². The van der Waals surface area contributed by atoms with E-state index in [2.05, 4.69) is 15.6 Å². The van der Waals surface area contributed by atoms with Crippen LogP contribution in [0, 0.1) is 17.1 Å². The summed E-state index contributed by atoms with van der Waals surface area (Å²) in [6.45, 7) is 3.13. The number of nitrogens with one attached hydrogen (secondary N) is 3. The maximum atomic E-state index is 14.9. The molecule has 1 aromatic heterocycles. The molecule has 0 unspecified atom stereocenters. The zero-order valence-electron chi connectivity index (χ0n) is 17.7. The molecule has 32 heavy (non-hydrogen) atoms. The third kappa shape index (κ3) is 4.11. The number of benzene rings is 1. The summed E-state index contributed by atoms with van der Waals surface area (Å²) in [4.78, 5) is 16.4. The normalized spacial score (nSPS) is 26.9. The number of pyridine rings is 1. The highest BCUT2D eigenvalue weighted by Gasteiger charge is 2.55. The fraction of sp³-hybridized carbons (Fsp3) is 0.409. The van der Waals surface area contributed by atoms with Gasteiger partial charge in [-0.05, 0) is 56.5 Å². The average Bonchev–Trinajstić information content (AvgIpc) is 3.52. The molecule has 1 amide bonds. The highest BCUT2D eigenvalue weighted by atomic mass is 35.5. The van der Waals surface area contributed by atoms with Crippen LogP contribution in [0.5, 0.6) is 0 Å². The van der Waals surface area contributed by atoms with Gasteiger partial charge >= 0.3 is 0 Å². The summed E-state index contributed by atoms with van der Waals surface area (Å²) in [6.07, 6.45) is 3.67. The zero-order valence-corrected chi connectivity index (χ0v) is 19.3. The van der Waals surface area contributed by atoms with E-state index < -0.39 is 31.8 Å². The summed E-state index contributed by atoms with van der Waals surface area (Å²) in [5, 5.41) is 14.5. The Morgan fingerprint density at radius 2 is 2.03 bits per heavy atom. The average molecular weight is 479 g/mol. The predicted molar refractivity (Wildman–Crippen MR) is 121 cm³/mol. The largest absolute Gasteiger partial charge is 0.362 e. The Morgan fingerprint density at radius 3 is 2.62 bits per heavy atom. The molecule has 7 nitrogen and oxygen atoms in total. The molecule has 4 rings (SSSR count).